The number of carbonyl (C=O) groups excluding carboxylic acids is 1. The topological polar surface area (TPSA) is 91.1 Å². The zero-order valence-electron chi connectivity index (χ0n) is 16.5. The molecule has 0 bridgehead atoms. The molecule has 2 heterocycles. The van der Waals surface area contributed by atoms with Crippen molar-refractivity contribution in [3.05, 3.63) is 47.9 Å². The van der Waals surface area contributed by atoms with Gasteiger partial charge in [-0.1, -0.05) is 6.07 Å². The Bertz CT molecular complexity index is 792. The summed E-state index contributed by atoms with van der Waals surface area (Å²) in [4.78, 5) is 20.9. The lowest BCUT2D eigenvalue weighted by atomic mass is 10.2. The Morgan fingerprint density at radius 2 is 2.10 bits per heavy atom. The molecule has 0 aliphatic carbocycles. The minimum atomic E-state index is -0.479. The molecule has 158 valence electrons. The highest BCUT2D eigenvalue weighted by molar-refractivity contribution is 6.02. The number of amides is 1. The number of carbonyl (C=O) groups is 1. The molecule has 9 heteroatoms. The second kappa shape index (κ2) is 10.4. The number of nitrogens with zero attached hydrogens (tertiary/aromatic N) is 3. The Kier molecular flexibility index (Phi) is 7.70. The van der Waals surface area contributed by atoms with Crippen LogP contribution in [0.1, 0.15) is 23.3 Å². The fraction of sp³-hybridized carbons (Fsp3) is 0.500. The Labute approximate surface area is 169 Å². The lowest BCUT2D eigenvalue weighted by Crippen LogP contribution is -2.48. The van der Waals surface area contributed by atoms with Crippen LogP contribution < -0.4 is 5.32 Å². The molecule has 3 rings (SSSR count). The van der Waals surface area contributed by atoms with Crippen LogP contribution in [-0.4, -0.2) is 77.8 Å². The van der Waals surface area contributed by atoms with Crippen LogP contribution in [0.3, 0.4) is 0 Å². The highest BCUT2D eigenvalue weighted by Crippen LogP contribution is 2.13. The van der Waals surface area contributed by atoms with E-state index in [9.17, 15) is 14.3 Å². The van der Waals surface area contributed by atoms with Gasteiger partial charge in [0.05, 0.1) is 19.3 Å². The van der Waals surface area contributed by atoms with Crippen molar-refractivity contribution in [3.63, 3.8) is 0 Å². The van der Waals surface area contributed by atoms with E-state index in [1.54, 1.807) is 6.07 Å². The lowest BCUT2D eigenvalue weighted by molar-refractivity contribution is 0.00949. The maximum atomic E-state index is 13.2. The number of piperazine rings is 1. The molecule has 1 saturated heterocycles. The summed E-state index contributed by atoms with van der Waals surface area (Å²) in [5.41, 5.74) is 0.518. The number of aliphatic hydroxyl groups is 1. The van der Waals surface area contributed by atoms with Gasteiger partial charge >= 0.3 is 0 Å². The summed E-state index contributed by atoms with van der Waals surface area (Å²) < 4.78 is 23.9. The number of nitrogens with one attached hydrogen (secondary N) is 1. The van der Waals surface area contributed by atoms with E-state index in [1.165, 1.54) is 24.5 Å². The summed E-state index contributed by atoms with van der Waals surface area (Å²) in [6.45, 7) is 7.25. The van der Waals surface area contributed by atoms with E-state index in [-0.39, 0.29) is 5.69 Å². The monoisotopic (exact) mass is 406 g/mol. The zero-order valence-corrected chi connectivity index (χ0v) is 16.5. The van der Waals surface area contributed by atoms with Gasteiger partial charge in [-0.2, -0.15) is 0 Å². The first-order chi connectivity index (χ1) is 14.0. The lowest BCUT2D eigenvalue weighted by Gasteiger charge is -2.34. The largest absolute Gasteiger partial charge is 0.447 e. The molecule has 0 radical (unpaired) electrons. The van der Waals surface area contributed by atoms with E-state index in [4.69, 9.17) is 9.15 Å². The van der Waals surface area contributed by atoms with E-state index in [0.717, 1.165) is 26.2 Å². The highest BCUT2D eigenvalue weighted by Gasteiger charge is 2.21. The maximum Gasteiger partial charge on any atom is 0.277 e. The van der Waals surface area contributed by atoms with E-state index in [0.29, 0.717) is 37.9 Å². The van der Waals surface area contributed by atoms with Crippen LogP contribution in [0.25, 0.3) is 0 Å². The highest BCUT2D eigenvalue weighted by atomic mass is 19.1. The molecule has 29 heavy (non-hydrogen) atoms. The predicted octanol–water partition coefficient (Wildman–Crippen LogP) is 1.58. The average molecular weight is 406 g/mol. The molecule has 1 atom stereocenters. The molecular formula is C20H27FN4O4. The third-order valence-corrected chi connectivity index (χ3v) is 4.67. The number of ether oxygens (including phenoxy) is 1. The van der Waals surface area contributed by atoms with Crippen molar-refractivity contribution in [1.82, 2.24) is 14.8 Å². The van der Waals surface area contributed by atoms with Gasteiger partial charge in [-0.05, 0) is 25.1 Å². The molecule has 1 aromatic heterocycles. The van der Waals surface area contributed by atoms with Crippen molar-refractivity contribution in [3.8, 4) is 0 Å². The summed E-state index contributed by atoms with van der Waals surface area (Å²) in [7, 11) is 0. The van der Waals surface area contributed by atoms with Crippen molar-refractivity contribution in [1.29, 1.82) is 0 Å². The second-order valence-corrected chi connectivity index (χ2v) is 6.98. The molecule has 1 aliphatic heterocycles. The first kappa shape index (κ1) is 21.4. The summed E-state index contributed by atoms with van der Waals surface area (Å²) >= 11 is 0. The van der Waals surface area contributed by atoms with E-state index >= 15 is 0 Å². The summed E-state index contributed by atoms with van der Waals surface area (Å²) in [6, 6.07) is 5.68. The minimum Gasteiger partial charge on any atom is -0.447 e. The third-order valence-electron chi connectivity index (χ3n) is 4.67. The molecule has 1 fully saturated rings. The Morgan fingerprint density at radius 1 is 1.34 bits per heavy atom. The minimum absolute atomic E-state index is 0.155. The Morgan fingerprint density at radius 3 is 2.83 bits per heavy atom. The van der Waals surface area contributed by atoms with Crippen LogP contribution in [0.2, 0.25) is 0 Å². The molecule has 1 amide bonds. The Balaban J connectivity index is 1.44. The van der Waals surface area contributed by atoms with Gasteiger partial charge in [0.25, 0.3) is 5.91 Å². The average Bonchev–Trinajstić information content (AvgIpc) is 3.16. The first-order valence-corrected chi connectivity index (χ1v) is 9.75. The molecule has 2 N–H and O–H groups in total. The summed E-state index contributed by atoms with van der Waals surface area (Å²) in [6.07, 6.45) is 0.831. The number of anilines is 1. The SMILES string of the molecule is CCOCC(O)CN1CCN(Cc2nc(C(=O)Nc3cccc(F)c3)co2)CC1. The van der Waals surface area contributed by atoms with Gasteiger partial charge in [-0.15, -0.1) is 0 Å². The van der Waals surface area contributed by atoms with E-state index in [1.807, 2.05) is 6.92 Å². The van der Waals surface area contributed by atoms with Gasteiger partial charge in [0.1, 0.15) is 12.1 Å². The fourth-order valence-electron chi connectivity index (χ4n) is 3.18. The van der Waals surface area contributed by atoms with Crippen molar-refractivity contribution >= 4 is 11.6 Å². The Hall–Kier alpha value is -2.33. The number of aromatic nitrogens is 1. The number of oxazole rings is 1. The van der Waals surface area contributed by atoms with Gasteiger partial charge in [0, 0.05) is 45.0 Å². The summed E-state index contributed by atoms with van der Waals surface area (Å²) in [5, 5.41) is 12.5. The van der Waals surface area contributed by atoms with Gasteiger partial charge in [0.15, 0.2) is 5.69 Å². The number of β-amino-alcohol motifs (C(OH)–C–C–N with tert-alkyl or cyclic N) is 1. The zero-order chi connectivity index (χ0) is 20.6. The first-order valence-electron chi connectivity index (χ1n) is 9.75. The maximum absolute atomic E-state index is 13.2. The van der Waals surface area contributed by atoms with Crippen LogP contribution >= 0.6 is 0 Å². The number of halogens is 1. The van der Waals surface area contributed by atoms with Crippen LogP contribution in [0.15, 0.2) is 34.9 Å². The van der Waals surface area contributed by atoms with Gasteiger partial charge in [-0.3, -0.25) is 14.6 Å². The number of aliphatic hydroxyl groups excluding tert-OH is 1. The standard InChI is InChI=1S/C20H27FN4O4/c1-2-28-13-17(26)11-24-6-8-25(9-7-24)12-19-23-18(14-29-19)20(27)22-16-5-3-4-15(21)10-16/h3-5,10,14,17,26H,2,6-9,11-13H2,1H3,(H,22,27). The van der Waals surface area contributed by atoms with Gasteiger partial charge in [-0.25, -0.2) is 9.37 Å². The molecule has 8 nitrogen and oxygen atoms in total. The van der Waals surface area contributed by atoms with Crippen molar-refractivity contribution in [2.75, 3.05) is 51.3 Å². The normalized spacial score (nSPS) is 16.7. The number of benzene rings is 1. The molecule has 2 aromatic rings. The van der Waals surface area contributed by atoms with Gasteiger partial charge in [0.2, 0.25) is 5.89 Å². The molecule has 1 aliphatic rings. The van der Waals surface area contributed by atoms with Crippen molar-refractivity contribution in [2.24, 2.45) is 0 Å². The van der Waals surface area contributed by atoms with Crippen molar-refractivity contribution in [2.45, 2.75) is 19.6 Å². The predicted molar refractivity (Wildman–Crippen MR) is 105 cm³/mol. The molecule has 0 spiro atoms. The fourth-order valence-corrected chi connectivity index (χ4v) is 3.18. The number of rotatable bonds is 9. The van der Waals surface area contributed by atoms with Crippen molar-refractivity contribution < 1.29 is 23.4 Å². The number of hydrogen-bond acceptors (Lipinski definition) is 7. The molecular weight excluding hydrogens is 379 g/mol. The molecule has 1 aromatic carbocycles. The second-order valence-electron chi connectivity index (χ2n) is 6.98. The van der Waals surface area contributed by atoms with E-state index in [2.05, 4.69) is 20.1 Å². The van der Waals surface area contributed by atoms with Crippen LogP contribution in [-0.2, 0) is 11.3 Å². The van der Waals surface area contributed by atoms with Crippen LogP contribution in [0, 0.1) is 5.82 Å². The third kappa shape index (κ3) is 6.60. The summed E-state index contributed by atoms with van der Waals surface area (Å²) in [5.74, 6) is -0.411. The van der Waals surface area contributed by atoms with Crippen LogP contribution in [0.5, 0.6) is 0 Å². The van der Waals surface area contributed by atoms with Crippen LogP contribution in [0.4, 0.5) is 10.1 Å². The van der Waals surface area contributed by atoms with Gasteiger partial charge < -0.3 is 19.6 Å². The molecule has 1 unspecified atom stereocenters. The number of hydrogen-bond donors (Lipinski definition) is 2. The quantitative estimate of drug-likeness (QED) is 0.653. The smallest absolute Gasteiger partial charge is 0.277 e. The van der Waals surface area contributed by atoms with E-state index < -0.39 is 17.8 Å². The molecule has 0 saturated carbocycles.